The van der Waals surface area contributed by atoms with Crippen LogP contribution in [0.5, 0.6) is 11.5 Å². The van der Waals surface area contributed by atoms with Crippen LogP contribution in [0.2, 0.25) is 0 Å². The summed E-state index contributed by atoms with van der Waals surface area (Å²) in [6.45, 7) is 0.959. The van der Waals surface area contributed by atoms with Crippen LogP contribution >= 0.6 is 0 Å². The molecule has 1 aliphatic rings. The van der Waals surface area contributed by atoms with E-state index in [0.29, 0.717) is 24.8 Å². The number of ether oxygens (including phenoxy) is 2. The maximum Gasteiger partial charge on any atom is 0.163 e. The van der Waals surface area contributed by atoms with Gasteiger partial charge in [-0.1, -0.05) is 0 Å². The van der Waals surface area contributed by atoms with E-state index in [1.165, 1.54) is 0 Å². The molecule has 6 heteroatoms. The lowest BCUT2D eigenvalue weighted by molar-refractivity contribution is 0.171. The van der Waals surface area contributed by atoms with Crippen LogP contribution in [-0.4, -0.2) is 33.1 Å². The summed E-state index contributed by atoms with van der Waals surface area (Å²) in [5.74, 6) is 1.92. The molecular formula is C11H11N3O3. The van der Waals surface area contributed by atoms with Gasteiger partial charge in [0, 0.05) is 6.07 Å². The minimum atomic E-state index is -0.158. The monoisotopic (exact) mass is 233 g/mol. The highest BCUT2D eigenvalue weighted by molar-refractivity contribution is 5.49. The van der Waals surface area contributed by atoms with Gasteiger partial charge in [-0.2, -0.15) is 0 Å². The first-order valence-corrected chi connectivity index (χ1v) is 5.28. The number of hydrogen-bond donors (Lipinski definition) is 1. The lowest BCUT2D eigenvalue weighted by atomic mass is 10.2. The van der Waals surface area contributed by atoms with E-state index in [4.69, 9.17) is 14.6 Å². The summed E-state index contributed by atoms with van der Waals surface area (Å²) >= 11 is 0. The Bertz CT molecular complexity index is 539. The quantitative estimate of drug-likeness (QED) is 0.819. The molecule has 0 saturated heterocycles. The number of nitrogens with zero attached hydrogens (tertiary/aromatic N) is 3. The van der Waals surface area contributed by atoms with Gasteiger partial charge in [0.05, 0.1) is 5.69 Å². The Morgan fingerprint density at radius 3 is 2.88 bits per heavy atom. The average molecular weight is 233 g/mol. The van der Waals surface area contributed by atoms with Gasteiger partial charge >= 0.3 is 0 Å². The summed E-state index contributed by atoms with van der Waals surface area (Å²) in [4.78, 5) is 0. The molecule has 0 radical (unpaired) electrons. The van der Waals surface area contributed by atoms with Gasteiger partial charge in [0.15, 0.2) is 17.3 Å². The van der Waals surface area contributed by atoms with Crippen molar-refractivity contribution in [1.29, 1.82) is 0 Å². The molecule has 2 heterocycles. The molecule has 6 nitrogen and oxygen atoms in total. The van der Waals surface area contributed by atoms with Crippen molar-refractivity contribution in [2.75, 3.05) is 13.2 Å². The minimum Gasteiger partial charge on any atom is -0.486 e. The van der Waals surface area contributed by atoms with E-state index < -0.39 is 0 Å². The molecule has 0 atom stereocenters. The van der Waals surface area contributed by atoms with Gasteiger partial charge in [0.1, 0.15) is 26.1 Å². The normalized spacial score (nSPS) is 13.7. The summed E-state index contributed by atoms with van der Waals surface area (Å²) in [5.41, 5.74) is 0.836. The molecule has 1 aromatic carbocycles. The number of hydrogen-bond acceptors (Lipinski definition) is 5. The Balaban J connectivity index is 2.04. The van der Waals surface area contributed by atoms with Crippen molar-refractivity contribution in [3.63, 3.8) is 0 Å². The molecule has 3 rings (SSSR count). The Labute approximate surface area is 97.4 Å². The van der Waals surface area contributed by atoms with E-state index in [-0.39, 0.29) is 6.61 Å². The first kappa shape index (κ1) is 10.1. The van der Waals surface area contributed by atoms with Crippen LogP contribution < -0.4 is 9.47 Å². The van der Waals surface area contributed by atoms with E-state index in [1.54, 1.807) is 10.9 Å². The predicted octanol–water partition coefficient (Wildman–Crippen LogP) is 0.531. The summed E-state index contributed by atoms with van der Waals surface area (Å²) in [6.07, 6.45) is 1.55. The Morgan fingerprint density at radius 2 is 2.06 bits per heavy atom. The van der Waals surface area contributed by atoms with Crippen molar-refractivity contribution in [3.05, 3.63) is 30.4 Å². The lowest BCUT2D eigenvalue weighted by Gasteiger charge is -2.19. The van der Waals surface area contributed by atoms with E-state index in [1.807, 2.05) is 18.2 Å². The molecule has 1 N–H and O–H groups in total. The Kier molecular flexibility index (Phi) is 2.41. The van der Waals surface area contributed by atoms with Crippen LogP contribution in [0.4, 0.5) is 0 Å². The van der Waals surface area contributed by atoms with Crippen LogP contribution in [-0.2, 0) is 6.61 Å². The third kappa shape index (κ3) is 1.72. The van der Waals surface area contributed by atoms with Crippen LogP contribution in [0, 0.1) is 0 Å². The number of fused-ring (bicyclic) bond motifs is 1. The molecule has 0 aliphatic carbocycles. The van der Waals surface area contributed by atoms with E-state index in [9.17, 15) is 0 Å². The zero-order valence-corrected chi connectivity index (χ0v) is 9.04. The second-order valence-corrected chi connectivity index (χ2v) is 3.60. The Hall–Kier alpha value is -2.08. The highest BCUT2D eigenvalue weighted by Gasteiger charge is 2.13. The minimum absolute atomic E-state index is 0.158. The smallest absolute Gasteiger partial charge is 0.163 e. The van der Waals surface area contributed by atoms with Gasteiger partial charge in [-0.3, -0.25) is 4.57 Å². The van der Waals surface area contributed by atoms with Crippen molar-refractivity contribution in [3.8, 4) is 17.2 Å². The molecule has 0 saturated carbocycles. The third-order valence-corrected chi connectivity index (χ3v) is 2.56. The number of aliphatic hydroxyl groups is 1. The lowest BCUT2D eigenvalue weighted by Crippen LogP contribution is -2.15. The molecule has 17 heavy (non-hydrogen) atoms. The van der Waals surface area contributed by atoms with Crippen molar-refractivity contribution >= 4 is 0 Å². The SMILES string of the molecule is OCc1nncn1-c1ccc2c(c1)OCCO2. The summed E-state index contributed by atoms with van der Waals surface area (Å²) < 4.78 is 12.6. The summed E-state index contributed by atoms with van der Waals surface area (Å²) in [5, 5.41) is 16.7. The van der Waals surface area contributed by atoms with Gasteiger partial charge in [-0.15, -0.1) is 10.2 Å². The molecule has 0 fully saturated rings. The van der Waals surface area contributed by atoms with Crippen LogP contribution in [0.25, 0.3) is 5.69 Å². The Morgan fingerprint density at radius 1 is 1.24 bits per heavy atom. The molecule has 0 spiro atoms. The fourth-order valence-corrected chi connectivity index (χ4v) is 1.76. The molecule has 0 amide bonds. The zero-order valence-electron chi connectivity index (χ0n) is 9.04. The number of aliphatic hydroxyl groups excluding tert-OH is 1. The first-order chi connectivity index (χ1) is 8.38. The third-order valence-electron chi connectivity index (χ3n) is 2.56. The highest BCUT2D eigenvalue weighted by atomic mass is 16.6. The van der Waals surface area contributed by atoms with Gasteiger partial charge in [0.2, 0.25) is 0 Å². The maximum atomic E-state index is 9.13. The number of rotatable bonds is 2. The molecular weight excluding hydrogens is 222 g/mol. The summed E-state index contributed by atoms with van der Waals surface area (Å²) in [7, 11) is 0. The molecule has 0 bridgehead atoms. The number of benzene rings is 1. The molecule has 1 aliphatic heterocycles. The zero-order chi connectivity index (χ0) is 11.7. The first-order valence-electron chi connectivity index (χ1n) is 5.28. The van der Waals surface area contributed by atoms with Crippen molar-refractivity contribution in [1.82, 2.24) is 14.8 Å². The van der Waals surface area contributed by atoms with Gasteiger partial charge in [-0.05, 0) is 12.1 Å². The van der Waals surface area contributed by atoms with Crippen molar-refractivity contribution < 1.29 is 14.6 Å². The largest absolute Gasteiger partial charge is 0.486 e. The summed E-state index contributed by atoms with van der Waals surface area (Å²) in [6, 6.07) is 5.55. The van der Waals surface area contributed by atoms with Crippen LogP contribution in [0.1, 0.15) is 5.82 Å². The maximum absolute atomic E-state index is 9.13. The van der Waals surface area contributed by atoms with E-state index >= 15 is 0 Å². The van der Waals surface area contributed by atoms with Crippen LogP contribution in [0.3, 0.4) is 0 Å². The molecule has 0 unspecified atom stereocenters. The second kappa shape index (κ2) is 4.06. The fraction of sp³-hybridized carbons (Fsp3) is 0.273. The fourth-order valence-electron chi connectivity index (χ4n) is 1.76. The highest BCUT2D eigenvalue weighted by Crippen LogP contribution is 2.32. The van der Waals surface area contributed by atoms with Gasteiger partial charge < -0.3 is 14.6 Å². The van der Waals surface area contributed by atoms with Crippen molar-refractivity contribution in [2.24, 2.45) is 0 Å². The average Bonchev–Trinajstić information content (AvgIpc) is 2.86. The predicted molar refractivity (Wildman–Crippen MR) is 58.3 cm³/mol. The number of aromatic nitrogens is 3. The second-order valence-electron chi connectivity index (χ2n) is 3.60. The van der Waals surface area contributed by atoms with E-state index in [0.717, 1.165) is 11.4 Å². The van der Waals surface area contributed by atoms with Crippen molar-refractivity contribution in [2.45, 2.75) is 6.61 Å². The topological polar surface area (TPSA) is 69.4 Å². The van der Waals surface area contributed by atoms with Crippen LogP contribution in [0.15, 0.2) is 24.5 Å². The molecule has 1 aromatic heterocycles. The molecule has 2 aromatic rings. The van der Waals surface area contributed by atoms with E-state index in [2.05, 4.69) is 10.2 Å². The molecule has 88 valence electrons. The van der Waals surface area contributed by atoms with Gasteiger partial charge in [-0.25, -0.2) is 0 Å². The standard InChI is InChI=1S/C11H11N3O3/c15-6-11-13-12-7-14(11)8-1-2-9-10(5-8)17-4-3-16-9/h1-2,5,7,15H,3-4,6H2. The van der Waals surface area contributed by atoms with Gasteiger partial charge in [0.25, 0.3) is 0 Å².